The molecule has 0 saturated heterocycles. The molecule has 1 amide bonds. The molecule has 19 heavy (non-hydrogen) atoms. The zero-order chi connectivity index (χ0) is 14.3. The van der Waals surface area contributed by atoms with Gasteiger partial charge in [-0.2, -0.15) is 0 Å². The van der Waals surface area contributed by atoms with Gasteiger partial charge in [0.15, 0.2) is 0 Å². The standard InChI is InChI=1S/C15H24N2O2/c1-4-5-6-13(10-19-3)17-15(18)14-9-12(16)8-7-11(14)2/h7-9,13H,4-6,10,16H2,1-3H3,(H,17,18). The smallest absolute Gasteiger partial charge is 0.251 e. The summed E-state index contributed by atoms with van der Waals surface area (Å²) in [7, 11) is 1.65. The Kier molecular flexibility index (Phi) is 6.36. The Labute approximate surface area is 115 Å². The van der Waals surface area contributed by atoms with Crippen LogP contribution in [0.5, 0.6) is 0 Å². The number of nitrogen functional groups attached to an aromatic ring is 1. The van der Waals surface area contributed by atoms with Crippen molar-refractivity contribution in [2.75, 3.05) is 19.5 Å². The first-order valence-electron chi connectivity index (χ1n) is 6.74. The van der Waals surface area contributed by atoms with Crippen LogP contribution in [0.3, 0.4) is 0 Å². The van der Waals surface area contributed by atoms with E-state index in [-0.39, 0.29) is 11.9 Å². The van der Waals surface area contributed by atoms with E-state index in [1.807, 2.05) is 13.0 Å². The molecule has 4 nitrogen and oxygen atoms in total. The van der Waals surface area contributed by atoms with E-state index < -0.39 is 0 Å². The zero-order valence-electron chi connectivity index (χ0n) is 12.0. The minimum absolute atomic E-state index is 0.0540. The summed E-state index contributed by atoms with van der Waals surface area (Å²) < 4.78 is 5.15. The number of hydrogen-bond donors (Lipinski definition) is 2. The van der Waals surface area contributed by atoms with Crippen molar-refractivity contribution < 1.29 is 9.53 Å². The Hall–Kier alpha value is -1.55. The van der Waals surface area contributed by atoms with E-state index in [1.54, 1.807) is 19.2 Å². The second-order valence-corrected chi connectivity index (χ2v) is 4.84. The van der Waals surface area contributed by atoms with Crippen LogP contribution in [-0.2, 0) is 4.74 Å². The minimum Gasteiger partial charge on any atom is -0.399 e. The fourth-order valence-corrected chi connectivity index (χ4v) is 2.00. The van der Waals surface area contributed by atoms with Crippen LogP contribution in [-0.4, -0.2) is 25.7 Å². The average molecular weight is 264 g/mol. The summed E-state index contributed by atoms with van der Waals surface area (Å²) in [6, 6.07) is 5.43. The van der Waals surface area contributed by atoms with Gasteiger partial charge in [0.2, 0.25) is 0 Å². The third-order valence-corrected chi connectivity index (χ3v) is 3.12. The van der Waals surface area contributed by atoms with Crippen LogP contribution in [0.15, 0.2) is 18.2 Å². The number of carbonyl (C=O) groups excluding carboxylic acids is 1. The van der Waals surface area contributed by atoms with Crippen molar-refractivity contribution in [2.24, 2.45) is 0 Å². The van der Waals surface area contributed by atoms with Gasteiger partial charge in [0, 0.05) is 18.4 Å². The third kappa shape index (κ3) is 4.91. The van der Waals surface area contributed by atoms with Crippen molar-refractivity contribution in [1.29, 1.82) is 0 Å². The van der Waals surface area contributed by atoms with Gasteiger partial charge in [0.1, 0.15) is 0 Å². The minimum atomic E-state index is -0.0806. The molecule has 4 heteroatoms. The van der Waals surface area contributed by atoms with Gasteiger partial charge in [0.25, 0.3) is 5.91 Å². The normalized spacial score (nSPS) is 12.2. The monoisotopic (exact) mass is 264 g/mol. The number of benzene rings is 1. The average Bonchev–Trinajstić information content (AvgIpc) is 2.39. The first-order chi connectivity index (χ1) is 9.08. The first-order valence-corrected chi connectivity index (χ1v) is 6.74. The third-order valence-electron chi connectivity index (χ3n) is 3.12. The predicted octanol–water partition coefficient (Wildman–Crippen LogP) is 2.51. The van der Waals surface area contributed by atoms with Gasteiger partial charge >= 0.3 is 0 Å². The van der Waals surface area contributed by atoms with E-state index >= 15 is 0 Å². The SMILES string of the molecule is CCCCC(COC)NC(=O)c1cc(N)ccc1C. The molecule has 0 aromatic heterocycles. The maximum Gasteiger partial charge on any atom is 0.251 e. The molecule has 0 bridgehead atoms. The topological polar surface area (TPSA) is 64.3 Å². The van der Waals surface area contributed by atoms with Crippen molar-refractivity contribution in [1.82, 2.24) is 5.32 Å². The Bertz CT molecular complexity index is 419. The highest BCUT2D eigenvalue weighted by molar-refractivity contribution is 5.96. The number of carbonyl (C=O) groups is 1. The molecule has 1 aromatic carbocycles. The second kappa shape index (κ2) is 7.79. The lowest BCUT2D eigenvalue weighted by atomic mass is 10.1. The summed E-state index contributed by atoms with van der Waals surface area (Å²) in [5.41, 5.74) is 7.90. The van der Waals surface area contributed by atoms with E-state index in [1.165, 1.54) is 0 Å². The van der Waals surface area contributed by atoms with Gasteiger partial charge in [-0.1, -0.05) is 25.8 Å². The lowest BCUT2D eigenvalue weighted by molar-refractivity contribution is 0.0890. The molecule has 0 spiro atoms. The number of nitrogens with one attached hydrogen (secondary N) is 1. The Morgan fingerprint density at radius 1 is 1.47 bits per heavy atom. The molecule has 0 aliphatic carbocycles. The summed E-state index contributed by atoms with van der Waals surface area (Å²) in [6.07, 6.45) is 3.11. The molecule has 1 aromatic rings. The summed E-state index contributed by atoms with van der Waals surface area (Å²) in [6.45, 7) is 4.58. The fourth-order valence-electron chi connectivity index (χ4n) is 2.00. The highest BCUT2D eigenvalue weighted by Crippen LogP contribution is 2.13. The summed E-state index contributed by atoms with van der Waals surface area (Å²) in [4.78, 5) is 12.2. The molecule has 0 aliphatic rings. The quantitative estimate of drug-likeness (QED) is 0.744. The maximum absolute atomic E-state index is 12.2. The van der Waals surface area contributed by atoms with Crippen LogP contribution in [0.25, 0.3) is 0 Å². The van der Waals surface area contributed by atoms with Crippen LogP contribution in [0, 0.1) is 6.92 Å². The molecule has 1 atom stereocenters. The van der Waals surface area contributed by atoms with Crippen molar-refractivity contribution in [3.63, 3.8) is 0 Å². The van der Waals surface area contributed by atoms with Gasteiger partial charge in [-0.05, 0) is 31.0 Å². The van der Waals surface area contributed by atoms with Crippen LogP contribution in [0.4, 0.5) is 5.69 Å². The van der Waals surface area contributed by atoms with E-state index in [0.717, 1.165) is 24.8 Å². The van der Waals surface area contributed by atoms with E-state index in [4.69, 9.17) is 10.5 Å². The van der Waals surface area contributed by atoms with E-state index in [9.17, 15) is 4.79 Å². The highest BCUT2D eigenvalue weighted by Gasteiger charge is 2.15. The number of amides is 1. The second-order valence-electron chi connectivity index (χ2n) is 4.84. The van der Waals surface area contributed by atoms with E-state index in [2.05, 4.69) is 12.2 Å². The fraction of sp³-hybridized carbons (Fsp3) is 0.533. The Morgan fingerprint density at radius 3 is 2.84 bits per heavy atom. The number of hydrogen-bond acceptors (Lipinski definition) is 3. The van der Waals surface area contributed by atoms with Crippen LogP contribution in [0.2, 0.25) is 0 Å². The number of aryl methyl sites for hydroxylation is 1. The molecule has 0 saturated carbocycles. The van der Waals surface area contributed by atoms with Gasteiger partial charge in [-0.25, -0.2) is 0 Å². The molecule has 0 fully saturated rings. The highest BCUT2D eigenvalue weighted by atomic mass is 16.5. The molecular weight excluding hydrogens is 240 g/mol. The molecule has 106 valence electrons. The zero-order valence-corrected chi connectivity index (χ0v) is 12.0. The maximum atomic E-state index is 12.2. The van der Waals surface area contributed by atoms with Crippen molar-refractivity contribution in [3.05, 3.63) is 29.3 Å². The van der Waals surface area contributed by atoms with Gasteiger partial charge < -0.3 is 15.8 Å². The number of ether oxygens (including phenoxy) is 1. The number of nitrogens with two attached hydrogens (primary N) is 1. The molecule has 3 N–H and O–H groups in total. The summed E-state index contributed by atoms with van der Waals surface area (Å²) in [5, 5.41) is 3.02. The summed E-state index contributed by atoms with van der Waals surface area (Å²) >= 11 is 0. The number of anilines is 1. The predicted molar refractivity (Wildman–Crippen MR) is 78.2 cm³/mol. The van der Waals surface area contributed by atoms with E-state index in [0.29, 0.717) is 17.9 Å². The summed E-state index contributed by atoms with van der Waals surface area (Å²) in [5.74, 6) is -0.0806. The molecule has 1 rings (SSSR count). The van der Waals surface area contributed by atoms with Crippen molar-refractivity contribution in [2.45, 2.75) is 39.2 Å². The Morgan fingerprint density at radius 2 is 2.21 bits per heavy atom. The largest absolute Gasteiger partial charge is 0.399 e. The van der Waals surface area contributed by atoms with Crippen LogP contribution >= 0.6 is 0 Å². The van der Waals surface area contributed by atoms with Crippen LogP contribution < -0.4 is 11.1 Å². The number of rotatable bonds is 7. The molecule has 0 radical (unpaired) electrons. The van der Waals surface area contributed by atoms with Gasteiger partial charge in [-0.15, -0.1) is 0 Å². The molecular formula is C15H24N2O2. The lowest BCUT2D eigenvalue weighted by Gasteiger charge is -2.18. The van der Waals surface area contributed by atoms with Crippen LogP contribution in [0.1, 0.15) is 42.1 Å². The number of unbranched alkanes of at least 4 members (excludes halogenated alkanes) is 1. The lowest BCUT2D eigenvalue weighted by Crippen LogP contribution is -2.38. The Balaban J connectivity index is 2.72. The molecule has 0 aliphatic heterocycles. The van der Waals surface area contributed by atoms with Gasteiger partial charge in [-0.3, -0.25) is 4.79 Å². The first kappa shape index (κ1) is 15.5. The molecule has 1 unspecified atom stereocenters. The van der Waals surface area contributed by atoms with Crippen molar-refractivity contribution in [3.8, 4) is 0 Å². The number of methoxy groups -OCH3 is 1. The molecule has 0 heterocycles. The van der Waals surface area contributed by atoms with Gasteiger partial charge in [0.05, 0.1) is 12.6 Å². The van der Waals surface area contributed by atoms with Crippen molar-refractivity contribution >= 4 is 11.6 Å².